The molecule has 18 unspecified atom stereocenters. The van der Waals surface area contributed by atoms with Crippen LogP contribution < -0.4 is 50.8 Å². The first-order valence-corrected chi connectivity index (χ1v) is 39.2. The van der Waals surface area contributed by atoms with Crippen molar-refractivity contribution in [2.45, 2.75) is 286 Å². The molecule has 18 atom stereocenters. The van der Waals surface area contributed by atoms with E-state index in [0.717, 1.165) is 135 Å². The minimum absolute atomic E-state index is 0.0223. The monoisotopic (exact) mass is 1370 g/mol. The molecule has 19 nitrogen and oxygen atoms in total. The molecule has 98 heavy (non-hydrogen) atoms. The highest BCUT2D eigenvalue weighted by Gasteiger charge is 2.61. The maximum Gasteiger partial charge on any atom is 0.407 e. The molecule has 16 N–H and O–H groups in total. The number of nitrogens with two attached hydrogens (primary N) is 7. The molecule has 8 aliphatic rings. The Morgan fingerprint density at radius 2 is 1.02 bits per heavy atom. The Morgan fingerprint density at radius 3 is 1.53 bits per heavy atom. The van der Waals surface area contributed by atoms with Crippen LogP contribution in [0, 0.1) is 92.7 Å². The van der Waals surface area contributed by atoms with E-state index in [9.17, 15) is 14.4 Å². The molecule has 0 aromatic heterocycles. The quantitative estimate of drug-likeness (QED) is 0.00918. The summed E-state index contributed by atoms with van der Waals surface area (Å²) in [4.78, 5) is 50.9. The molecule has 6 fully saturated rings. The number of esters is 1. The van der Waals surface area contributed by atoms with Gasteiger partial charge in [0.1, 0.15) is 18.2 Å². The number of Topliss-reactive ketones (excluding diaryl/α,β-unsaturated/α-hetero) is 1. The summed E-state index contributed by atoms with van der Waals surface area (Å²) < 4.78 is 23.3. The van der Waals surface area contributed by atoms with Crippen molar-refractivity contribution < 1.29 is 33.3 Å². The van der Waals surface area contributed by atoms with E-state index in [1.807, 2.05) is 0 Å². The first-order valence-electron chi connectivity index (χ1n) is 39.2. The zero-order chi connectivity index (χ0) is 71.4. The summed E-state index contributed by atoms with van der Waals surface area (Å²) in [6, 6.07) is -1.24. The largest absolute Gasteiger partial charge is 0.460 e. The fourth-order valence-electron chi connectivity index (χ4n) is 21.3. The number of fused-ring (bicyclic) bond motifs is 10. The SMILES string of the molecule is C=C(N)NCCCCC(N=C(N)N)C(=O)OC1CCC2(C)C(=CCC3C2CCC2(C)C(C(C)CCCC(C)C)CCC32)C1.CC(C)CCCC(C)C1CCC2C3CC=C4CC(OC(=O)NCCOCCOCCCC(=O)C(CCCCN=C(N)N)N=C(N)N)CCC4(C)C3CCC12C. The van der Waals surface area contributed by atoms with Crippen molar-refractivity contribution in [3.63, 3.8) is 0 Å². The van der Waals surface area contributed by atoms with Crippen LogP contribution in [0.1, 0.15) is 262 Å². The van der Waals surface area contributed by atoms with E-state index in [0.29, 0.717) is 88.4 Å². The van der Waals surface area contributed by atoms with Gasteiger partial charge in [-0.15, -0.1) is 0 Å². The number of ether oxygens (including phenoxy) is 4. The Morgan fingerprint density at radius 1 is 0.520 bits per heavy atom. The van der Waals surface area contributed by atoms with Gasteiger partial charge in [0.05, 0.1) is 25.6 Å². The predicted molar refractivity (Wildman–Crippen MR) is 399 cm³/mol. The lowest BCUT2D eigenvalue weighted by molar-refractivity contribution is -0.153. The lowest BCUT2D eigenvalue weighted by Gasteiger charge is -2.58. The lowest BCUT2D eigenvalue weighted by Crippen LogP contribution is -2.51. The van der Waals surface area contributed by atoms with Crippen molar-refractivity contribution in [3.8, 4) is 0 Å². The van der Waals surface area contributed by atoms with E-state index in [-0.39, 0.29) is 58.8 Å². The van der Waals surface area contributed by atoms with Crippen molar-refractivity contribution in [3.05, 3.63) is 35.7 Å². The number of guanidine groups is 3. The highest BCUT2D eigenvalue weighted by atomic mass is 16.6. The number of hydrogen-bond acceptors (Lipinski definition) is 12. The van der Waals surface area contributed by atoms with Gasteiger partial charge in [0.25, 0.3) is 0 Å². The molecule has 0 saturated heterocycles. The average molecular weight is 1370 g/mol. The molecule has 0 aromatic rings. The van der Waals surface area contributed by atoms with Crippen LogP contribution in [0.5, 0.6) is 0 Å². The first-order chi connectivity index (χ1) is 46.6. The van der Waals surface area contributed by atoms with E-state index >= 15 is 0 Å². The summed E-state index contributed by atoms with van der Waals surface area (Å²) in [5.41, 5.74) is 43.2. The Balaban J connectivity index is 0.000000284. The van der Waals surface area contributed by atoms with Gasteiger partial charge in [-0.3, -0.25) is 9.79 Å². The van der Waals surface area contributed by atoms with Gasteiger partial charge >= 0.3 is 12.1 Å². The second-order valence-electron chi connectivity index (χ2n) is 33.8. The highest BCUT2D eigenvalue weighted by molar-refractivity contribution is 5.87. The van der Waals surface area contributed by atoms with Crippen LogP contribution in [0.2, 0.25) is 0 Å². The highest BCUT2D eigenvalue weighted by Crippen LogP contribution is 2.69. The summed E-state index contributed by atoms with van der Waals surface area (Å²) in [7, 11) is 0. The smallest absolute Gasteiger partial charge is 0.407 e. The summed E-state index contributed by atoms with van der Waals surface area (Å²) in [6.45, 7) is 31.7. The van der Waals surface area contributed by atoms with Crippen LogP contribution in [0.4, 0.5) is 4.79 Å². The van der Waals surface area contributed by atoms with Crippen LogP contribution in [0.15, 0.2) is 50.7 Å². The third-order valence-corrected chi connectivity index (χ3v) is 26.4. The Hall–Kier alpha value is -5.04. The van der Waals surface area contributed by atoms with Crippen molar-refractivity contribution in [2.75, 3.05) is 46.1 Å². The van der Waals surface area contributed by atoms with Crippen LogP contribution >= 0.6 is 0 Å². The maximum absolute atomic E-state index is 13.2. The number of aliphatic imine (C=N–C) groups is 3. The molecule has 1 amide bonds. The standard InChI is InChI=1S/C43H77N7O5.C36H63N5O2/c1-29(2)10-8-11-30(3)34-16-17-35-33-15-14-31-28-32(18-20-42(31,4)36(33)19-21-43(34,35)5)55-41(52)49-23-25-54-27-26-53-24-9-13-38(51)37(50-40(46)47)12-6-7-22-48-39(44)45;1-23(2)10-9-11-24(3)29-15-16-30-28-14-13-26-22-27(17-19-35(26,5)31(28)18-20-36(29,30)6)43-33(42)32(41-34(38)39)12-7-8-21-40-25(4)37/h14,29-30,32-37H,6-13,15-28H2,1-5H3,(H,49,52)(H4,44,45,48)(H4,46,47,50);13,23-24,27-32,40H,4,7-12,14-22,37H2,1-3,5-6H3,(H4,38,39,41). The third kappa shape index (κ3) is 21.8. The van der Waals surface area contributed by atoms with Gasteiger partial charge in [0, 0.05) is 45.5 Å². The molecule has 0 aliphatic heterocycles. The molecule has 0 radical (unpaired) electrons. The number of amides is 1. The van der Waals surface area contributed by atoms with Gasteiger partial charge in [0.2, 0.25) is 0 Å². The Kier molecular flexibility index (Phi) is 30.9. The molecule has 8 aliphatic carbocycles. The first kappa shape index (κ1) is 80.3. The number of nitrogens with zero attached hydrogens (tertiary/aromatic N) is 3. The van der Waals surface area contributed by atoms with Gasteiger partial charge in [-0.2, -0.15) is 0 Å². The zero-order valence-corrected chi connectivity index (χ0v) is 63.0. The fourth-order valence-corrected chi connectivity index (χ4v) is 21.3. The number of carbonyl (C=O) groups is 3. The molecule has 6 saturated carbocycles. The van der Waals surface area contributed by atoms with Crippen LogP contribution in [-0.4, -0.2) is 106 Å². The van der Waals surface area contributed by atoms with Crippen molar-refractivity contribution in [2.24, 2.45) is 148 Å². The number of nitrogens with one attached hydrogen (secondary N) is 2. The van der Waals surface area contributed by atoms with Gasteiger partial charge in [-0.25, -0.2) is 19.6 Å². The molecule has 558 valence electrons. The lowest BCUT2D eigenvalue weighted by atomic mass is 9.47. The normalized spacial score (nSPS) is 31.8. The number of ketones is 1. The van der Waals surface area contributed by atoms with E-state index in [2.05, 4.69) is 114 Å². The average Bonchev–Trinajstić information content (AvgIpc) is 1.37. The number of unbranched alkanes of at least 4 members (excludes halogenated alkanes) is 2. The summed E-state index contributed by atoms with van der Waals surface area (Å²) >= 11 is 0. The van der Waals surface area contributed by atoms with Crippen LogP contribution in [0.3, 0.4) is 0 Å². The van der Waals surface area contributed by atoms with Crippen LogP contribution in [0.25, 0.3) is 0 Å². The van der Waals surface area contributed by atoms with E-state index < -0.39 is 12.1 Å². The predicted octanol–water partition coefficient (Wildman–Crippen LogP) is 13.4. The van der Waals surface area contributed by atoms with E-state index in [1.165, 1.54) is 114 Å². The van der Waals surface area contributed by atoms with Crippen LogP contribution in [-0.2, 0) is 28.5 Å². The molecule has 0 aromatic carbocycles. The molecule has 0 spiro atoms. The number of hydrogen-bond donors (Lipinski definition) is 9. The van der Waals surface area contributed by atoms with Crippen molar-refractivity contribution in [1.29, 1.82) is 0 Å². The molecule has 0 bridgehead atoms. The van der Waals surface area contributed by atoms with Crippen molar-refractivity contribution >= 4 is 35.7 Å². The second-order valence-corrected chi connectivity index (χ2v) is 33.8. The summed E-state index contributed by atoms with van der Waals surface area (Å²) in [5, 5.41) is 5.87. The minimum Gasteiger partial charge on any atom is -0.460 e. The Labute approximate surface area is 592 Å². The molecular formula is C79H140N12O7. The third-order valence-electron chi connectivity index (χ3n) is 26.4. The van der Waals surface area contributed by atoms with Gasteiger partial charge < -0.3 is 69.7 Å². The zero-order valence-electron chi connectivity index (χ0n) is 63.0. The molecule has 0 heterocycles. The topological polar surface area (TPSA) is 331 Å². The summed E-state index contributed by atoms with van der Waals surface area (Å²) in [5.74, 6) is 9.87. The molecule has 8 rings (SSSR count). The molecular weight excluding hydrogens is 1230 g/mol. The minimum atomic E-state index is -0.664. The number of allylic oxidation sites excluding steroid dienone is 2. The number of rotatable bonds is 37. The van der Waals surface area contributed by atoms with Gasteiger partial charge in [0.15, 0.2) is 29.7 Å². The van der Waals surface area contributed by atoms with Crippen molar-refractivity contribution in [1.82, 2.24) is 10.6 Å². The molecule has 19 heteroatoms. The fraction of sp³-hybridized carbons (Fsp3) is 0.848. The summed E-state index contributed by atoms with van der Waals surface area (Å²) in [6.07, 6.45) is 37.2. The van der Waals surface area contributed by atoms with E-state index in [4.69, 9.17) is 59.1 Å². The number of alkyl carbamates (subject to hydrolysis) is 1. The maximum atomic E-state index is 13.2. The van der Waals surface area contributed by atoms with Gasteiger partial charge in [-0.05, 0) is 228 Å². The Bertz CT molecular complexity index is 2700. The van der Waals surface area contributed by atoms with Gasteiger partial charge in [-0.1, -0.05) is 138 Å². The number of carbonyl (C=O) groups excluding carboxylic acids is 3. The second kappa shape index (κ2) is 37.8. The van der Waals surface area contributed by atoms with E-state index in [1.54, 1.807) is 0 Å².